The Balaban J connectivity index is 1.27. The summed E-state index contributed by atoms with van der Waals surface area (Å²) in [5.74, 6) is 0.851. The number of aliphatic hydroxyl groups excluding tert-OH is 1. The Hall–Kier alpha value is -1.88. The Morgan fingerprint density at radius 2 is 2.00 bits per heavy atom. The molecule has 0 bridgehead atoms. The van der Waals surface area contributed by atoms with Crippen molar-refractivity contribution in [1.29, 1.82) is 0 Å². The first-order valence-electron chi connectivity index (χ1n) is 8.87. The molecule has 2 unspecified atom stereocenters. The zero-order valence-corrected chi connectivity index (χ0v) is 15.0. The Kier molecular flexibility index (Phi) is 5.02. The summed E-state index contributed by atoms with van der Waals surface area (Å²) in [6, 6.07) is 17.2. The number of nitrogens with one attached hydrogen (secondary N) is 1. The Bertz CT molecular complexity index is 845. The summed E-state index contributed by atoms with van der Waals surface area (Å²) >= 11 is 1.70. The van der Waals surface area contributed by atoms with E-state index < -0.39 is 6.10 Å². The third kappa shape index (κ3) is 3.87. The smallest absolute Gasteiger partial charge is 0.128 e. The van der Waals surface area contributed by atoms with E-state index in [2.05, 4.69) is 47.1 Å². The molecule has 0 aliphatic heterocycles. The zero-order chi connectivity index (χ0) is 17.1. The molecule has 1 aliphatic carbocycles. The fourth-order valence-electron chi connectivity index (χ4n) is 3.51. The van der Waals surface area contributed by atoms with Crippen LogP contribution in [0.4, 0.5) is 0 Å². The SMILES string of the molecule is OC(CNC1CCc2ccccc2C1)COc1cccc2sccc12. The predicted octanol–water partition coefficient (Wildman–Crippen LogP) is 3.79. The first-order valence-corrected chi connectivity index (χ1v) is 9.75. The first kappa shape index (κ1) is 16.6. The molecule has 0 amide bonds. The van der Waals surface area contributed by atoms with Crippen molar-refractivity contribution >= 4 is 21.4 Å². The Labute approximate surface area is 152 Å². The monoisotopic (exact) mass is 353 g/mol. The normalized spacial score (nSPS) is 18.0. The van der Waals surface area contributed by atoms with Gasteiger partial charge >= 0.3 is 0 Å². The number of thiophene rings is 1. The predicted molar refractivity (Wildman–Crippen MR) is 104 cm³/mol. The summed E-state index contributed by atoms with van der Waals surface area (Å²) in [5.41, 5.74) is 2.90. The van der Waals surface area contributed by atoms with Gasteiger partial charge in [-0.25, -0.2) is 0 Å². The van der Waals surface area contributed by atoms with Gasteiger partial charge in [0.05, 0.1) is 0 Å². The topological polar surface area (TPSA) is 41.5 Å². The second kappa shape index (κ2) is 7.56. The maximum atomic E-state index is 10.3. The van der Waals surface area contributed by atoms with Gasteiger partial charge in [-0.3, -0.25) is 0 Å². The Morgan fingerprint density at radius 3 is 2.92 bits per heavy atom. The molecule has 0 saturated carbocycles. The quantitative estimate of drug-likeness (QED) is 0.708. The van der Waals surface area contributed by atoms with Gasteiger partial charge in [-0.1, -0.05) is 30.3 Å². The van der Waals surface area contributed by atoms with Crippen LogP contribution in [0.2, 0.25) is 0 Å². The highest BCUT2D eigenvalue weighted by Crippen LogP contribution is 2.29. The van der Waals surface area contributed by atoms with E-state index in [1.165, 1.54) is 15.8 Å². The summed E-state index contributed by atoms with van der Waals surface area (Å²) in [4.78, 5) is 0. The third-order valence-corrected chi connectivity index (χ3v) is 5.76. The number of aryl methyl sites for hydroxylation is 1. The molecule has 4 rings (SSSR count). The van der Waals surface area contributed by atoms with Gasteiger partial charge in [0.1, 0.15) is 18.5 Å². The molecule has 0 fully saturated rings. The van der Waals surface area contributed by atoms with E-state index in [0.29, 0.717) is 19.2 Å². The molecule has 25 heavy (non-hydrogen) atoms. The van der Waals surface area contributed by atoms with Gasteiger partial charge in [0.25, 0.3) is 0 Å². The maximum absolute atomic E-state index is 10.3. The molecule has 4 heteroatoms. The average Bonchev–Trinajstić information content (AvgIpc) is 3.14. The van der Waals surface area contributed by atoms with Gasteiger partial charge in [0.15, 0.2) is 0 Å². The van der Waals surface area contributed by atoms with Gasteiger partial charge < -0.3 is 15.2 Å². The van der Waals surface area contributed by atoms with E-state index in [0.717, 1.165) is 30.4 Å². The van der Waals surface area contributed by atoms with E-state index in [1.54, 1.807) is 11.3 Å². The van der Waals surface area contributed by atoms with Crippen LogP contribution in [0.25, 0.3) is 10.1 Å². The van der Waals surface area contributed by atoms with Crippen molar-refractivity contribution in [2.24, 2.45) is 0 Å². The molecule has 0 radical (unpaired) electrons. The Morgan fingerprint density at radius 1 is 1.12 bits per heavy atom. The molecule has 2 atom stereocenters. The number of aliphatic hydroxyl groups is 1. The molecule has 0 saturated heterocycles. The van der Waals surface area contributed by atoms with Crippen molar-refractivity contribution in [2.45, 2.75) is 31.4 Å². The van der Waals surface area contributed by atoms with Crippen molar-refractivity contribution in [3.8, 4) is 5.75 Å². The number of fused-ring (bicyclic) bond motifs is 2. The maximum Gasteiger partial charge on any atom is 0.128 e. The fraction of sp³-hybridized carbons (Fsp3) is 0.333. The molecule has 1 heterocycles. The summed E-state index contributed by atoms with van der Waals surface area (Å²) in [7, 11) is 0. The number of hydrogen-bond acceptors (Lipinski definition) is 4. The van der Waals surface area contributed by atoms with Crippen LogP contribution in [0.5, 0.6) is 5.75 Å². The lowest BCUT2D eigenvalue weighted by atomic mass is 9.88. The number of hydrogen-bond donors (Lipinski definition) is 2. The van der Waals surface area contributed by atoms with Crippen LogP contribution in [0.1, 0.15) is 17.5 Å². The summed E-state index contributed by atoms with van der Waals surface area (Å²) in [6.07, 6.45) is 2.77. The third-order valence-electron chi connectivity index (χ3n) is 4.88. The molecule has 130 valence electrons. The van der Waals surface area contributed by atoms with Crippen LogP contribution in [-0.4, -0.2) is 30.4 Å². The van der Waals surface area contributed by atoms with Crippen molar-refractivity contribution in [3.05, 3.63) is 65.0 Å². The highest BCUT2D eigenvalue weighted by molar-refractivity contribution is 7.17. The van der Waals surface area contributed by atoms with Crippen LogP contribution in [-0.2, 0) is 12.8 Å². The summed E-state index contributed by atoms with van der Waals surface area (Å²) in [6.45, 7) is 0.873. The zero-order valence-electron chi connectivity index (χ0n) is 14.2. The van der Waals surface area contributed by atoms with Gasteiger partial charge in [0, 0.05) is 22.7 Å². The van der Waals surface area contributed by atoms with Crippen LogP contribution in [0.15, 0.2) is 53.9 Å². The lowest BCUT2D eigenvalue weighted by Crippen LogP contribution is -2.40. The molecule has 3 aromatic rings. The highest BCUT2D eigenvalue weighted by atomic mass is 32.1. The van der Waals surface area contributed by atoms with Crippen molar-refractivity contribution in [3.63, 3.8) is 0 Å². The molecule has 2 N–H and O–H groups in total. The molecule has 1 aliphatic rings. The van der Waals surface area contributed by atoms with Gasteiger partial charge in [0.2, 0.25) is 0 Å². The van der Waals surface area contributed by atoms with Crippen LogP contribution < -0.4 is 10.1 Å². The van der Waals surface area contributed by atoms with Crippen LogP contribution >= 0.6 is 11.3 Å². The van der Waals surface area contributed by atoms with Crippen molar-refractivity contribution in [1.82, 2.24) is 5.32 Å². The summed E-state index contributed by atoms with van der Waals surface area (Å²) < 4.78 is 7.07. The van der Waals surface area contributed by atoms with Crippen molar-refractivity contribution < 1.29 is 9.84 Å². The minimum atomic E-state index is -0.508. The van der Waals surface area contributed by atoms with E-state index in [-0.39, 0.29) is 0 Å². The van der Waals surface area contributed by atoms with E-state index in [1.807, 2.05) is 12.1 Å². The number of rotatable bonds is 6. The van der Waals surface area contributed by atoms with E-state index in [4.69, 9.17) is 4.74 Å². The average molecular weight is 353 g/mol. The van der Waals surface area contributed by atoms with E-state index in [9.17, 15) is 5.11 Å². The fourth-order valence-corrected chi connectivity index (χ4v) is 4.32. The molecule has 2 aromatic carbocycles. The minimum Gasteiger partial charge on any atom is -0.490 e. The second-order valence-electron chi connectivity index (χ2n) is 6.67. The van der Waals surface area contributed by atoms with Gasteiger partial charge in [-0.05, 0) is 54.0 Å². The van der Waals surface area contributed by atoms with Gasteiger partial charge in [-0.15, -0.1) is 11.3 Å². The lowest BCUT2D eigenvalue weighted by Gasteiger charge is -2.26. The van der Waals surface area contributed by atoms with Gasteiger partial charge in [-0.2, -0.15) is 0 Å². The minimum absolute atomic E-state index is 0.311. The molecule has 1 aromatic heterocycles. The molecular formula is C21H23NO2S. The summed E-state index contributed by atoms with van der Waals surface area (Å²) in [5, 5.41) is 17.0. The standard InChI is InChI=1S/C21H23NO2S/c23-18(14-24-20-6-3-7-21-19(20)10-11-25-21)13-22-17-9-8-15-4-1-2-5-16(15)12-17/h1-7,10-11,17-18,22-23H,8-9,12-14H2. The molecular weight excluding hydrogens is 330 g/mol. The van der Waals surface area contributed by atoms with Crippen LogP contribution in [0, 0.1) is 0 Å². The number of ether oxygens (including phenoxy) is 1. The second-order valence-corrected chi connectivity index (χ2v) is 7.62. The van der Waals surface area contributed by atoms with Crippen LogP contribution in [0.3, 0.4) is 0 Å². The lowest BCUT2D eigenvalue weighted by molar-refractivity contribution is 0.104. The molecule has 3 nitrogen and oxygen atoms in total. The van der Waals surface area contributed by atoms with Crippen molar-refractivity contribution in [2.75, 3.05) is 13.2 Å². The number of benzene rings is 2. The van der Waals surface area contributed by atoms with E-state index >= 15 is 0 Å². The molecule has 0 spiro atoms. The highest BCUT2D eigenvalue weighted by Gasteiger charge is 2.18. The first-order chi connectivity index (χ1) is 12.3. The largest absolute Gasteiger partial charge is 0.490 e.